The highest BCUT2D eigenvalue weighted by atomic mass is 16.2. The van der Waals surface area contributed by atoms with E-state index in [0.29, 0.717) is 18.5 Å². The maximum atomic E-state index is 12.3. The van der Waals surface area contributed by atoms with Crippen LogP contribution >= 0.6 is 0 Å². The minimum absolute atomic E-state index is 0.204. The fourth-order valence-corrected chi connectivity index (χ4v) is 2.29. The zero-order valence-electron chi connectivity index (χ0n) is 10.8. The predicted molar refractivity (Wildman–Crippen MR) is 67.3 cm³/mol. The molecule has 1 saturated heterocycles. The van der Waals surface area contributed by atoms with E-state index in [2.05, 4.69) is 18.8 Å². The standard InChI is InChI=1S/C13H24N2O/c1-5-15(9-10(2)3)13(16)12-6-7-14-11(4)8-12/h11-12,14H,2,5-9H2,1,3-4H3. The Bertz CT molecular complexity index is 263. The normalized spacial score (nSPS) is 25.2. The molecule has 0 aromatic rings. The highest BCUT2D eigenvalue weighted by molar-refractivity contribution is 5.79. The van der Waals surface area contributed by atoms with Gasteiger partial charge < -0.3 is 10.2 Å². The molecule has 1 aliphatic heterocycles. The molecule has 1 heterocycles. The summed E-state index contributed by atoms with van der Waals surface area (Å²) in [6, 6.07) is 0.464. The summed E-state index contributed by atoms with van der Waals surface area (Å²) in [7, 11) is 0. The van der Waals surface area contributed by atoms with E-state index in [-0.39, 0.29) is 5.92 Å². The lowest BCUT2D eigenvalue weighted by Gasteiger charge is -2.31. The summed E-state index contributed by atoms with van der Waals surface area (Å²) >= 11 is 0. The summed E-state index contributed by atoms with van der Waals surface area (Å²) in [5.41, 5.74) is 1.05. The van der Waals surface area contributed by atoms with Crippen LogP contribution in [0.1, 0.15) is 33.6 Å². The van der Waals surface area contributed by atoms with Crippen molar-refractivity contribution >= 4 is 5.91 Å². The molecule has 3 heteroatoms. The van der Waals surface area contributed by atoms with Crippen molar-refractivity contribution in [3.05, 3.63) is 12.2 Å². The first-order chi connectivity index (χ1) is 7.54. The summed E-state index contributed by atoms with van der Waals surface area (Å²) in [5.74, 6) is 0.509. The van der Waals surface area contributed by atoms with Gasteiger partial charge in [0.05, 0.1) is 0 Å². The smallest absolute Gasteiger partial charge is 0.226 e. The van der Waals surface area contributed by atoms with Crippen LogP contribution in [0.2, 0.25) is 0 Å². The Morgan fingerprint density at radius 3 is 2.75 bits per heavy atom. The van der Waals surface area contributed by atoms with E-state index < -0.39 is 0 Å². The molecule has 16 heavy (non-hydrogen) atoms. The number of hydrogen-bond acceptors (Lipinski definition) is 2. The van der Waals surface area contributed by atoms with Gasteiger partial charge in [-0.05, 0) is 40.2 Å². The maximum absolute atomic E-state index is 12.3. The molecule has 0 aromatic heterocycles. The molecule has 0 saturated carbocycles. The van der Waals surface area contributed by atoms with Gasteiger partial charge in [-0.25, -0.2) is 0 Å². The van der Waals surface area contributed by atoms with Crippen molar-refractivity contribution in [2.45, 2.75) is 39.7 Å². The quantitative estimate of drug-likeness (QED) is 0.739. The van der Waals surface area contributed by atoms with E-state index in [1.54, 1.807) is 0 Å². The number of piperidine rings is 1. The van der Waals surface area contributed by atoms with E-state index in [1.165, 1.54) is 0 Å². The fourth-order valence-electron chi connectivity index (χ4n) is 2.29. The van der Waals surface area contributed by atoms with Gasteiger partial charge in [0.15, 0.2) is 0 Å². The third kappa shape index (κ3) is 3.63. The average molecular weight is 224 g/mol. The molecule has 0 spiro atoms. The Hall–Kier alpha value is -0.830. The van der Waals surface area contributed by atoms with Gasteiger partial charge in [0, 0.05) is 25.0 Å². The number of amides is 1. The molecule has 1 fully saturated rings. The molecule has 0 bridgehead atoms. The Morgan fingerprint density at radius 1 is 1.56 bits per heavy atom. The second-order valence-corrected chi connectivity index (χ2v) is 4.89. The van der Waals surface area contributed by atoms with Crippen molar-refractivity contribution in [3.63, 3.8) is 0 Å². The van der Waals surface area contributed by atoms with E-state index in [1.807, 2.05) is 18.7 Å². The average Bonchev–Trinajstić information content (AvgIpc) is 2.24. The molecule has 1 amide bonds. The largest absolute Gasteiger partial charge is 0.339 e. The summed E-state index contributed by atoms with van der Waals surface area (Å²) in [6.45, 7) is 12.5. The molecule has 0 aliphatic carbocycles. The molecule has 1 aliphatic rings. The van der Waals surface area contributed by atoms with Crippen LogP contribution in [-0.4, -0.2) is 36.5 Å². The van der Waals surface area contributed by atoms with Crippen molar-refractivity contribution in [1.29, 1.82) is 0 Å². The zero-order valence-corrected chi connectivity index (χ0v) is 10.8. The zero-order chi connectivity index (χ0) is 12.1. The lowest BCUT2D eigenvalue weighted by molar-refractivity contribution is -0.136. The summed E-state index contributed by atoms with van der Waals surface area (Å²) < 4.78 is 0. The number of carbonyl (C=O) groups is 1. The molecule has 2 unspecified atom stereocenters. The molecule has 0 aromatic carbocycles. The summed E-state index contributed by atoms with van der Waals surface area (Å²) in [4.78, 5) is 14.2. The van der Waals surface area contributed by atoms with E-state index in [4.69, 9.17) is 0 Å². The molecule has 1 N–H and O–H groups in total. The van der Waals surface area contributed by atoms with Crippen LogP contribution in [0.5, 0.6) is 0 Å². The van der Waals surface area contributed by atoms with Gasteiger partial charge in [0.25, 0.3) is 0 Å². The predicted octanol–water partition coefficient (Wildman–Crippen LogP) is 1.80. The van der Waals surface area contributed by atoms with Crippen molar-refractivity contribution in [3.8, 4) is 0 Å². The minimum Gasteiger partial charge on any atom is -0.339 e. The minimum atomic E-state index is 0.204. The first kappa shape index (κ1) is 13.2. The van der Waals surface area contributed by atoms with Crippen molar-refractivity contribution < 1.29 is 4.79 Å². The Kier molecular flexibility index (Phi) is 5.00. The topological polar surface area (TPSA) is 32.3 Å². The lowest BCUT2D eigenvalue weighted by Crippen LogP contribution is -2.44. The Balaban J connectivity index is 2.56. The molecule has 1 rings (SSSR count). The van der Waals surface area contributed by atoms with Gasteiger partial charge in [-0.15, -0.1) is 0 Å². The maximum Gasteiger partial charge on any atom is 0.226 e. The fraction of sp³-hybridized carbons (Fsp3) is 0.769. The first-order valence-electron chi connectivity index (χ1n) is 6.21. The van der Waals surface area contributed by atoms with Crippen LogP contribution in [-0.2, 0) is 4.79 Å². The monoisotopic (exact) mass is 224 g/mol. The SMILES string of the molecule is C=C(C)CN(CC)C(=O)C1CCNC(C)C1. The molecule has 3 nitrogen and oxygen atoms in total. The number of hydrogen-bond donors (Lipinski definition) is 1. The molecular formula is C13H24N2O. The van der Waals surface area contributed by atoms with Crippen LogP contribution in [0.25, 0.3) is 0 Å². The Labute approximate surface area is 98.9 Å². The van der Waals surface area contributed by atoms with Crippen LogP contribution < -0.4 is 5.32 Å². The van der Waals surface area contributed by atoms with Crippen LogP contribution in [0.15, 0.2) is 12.2 Å². The third-order valence-corrected chi connectivity index (χ3v) is 3.13. The third-order valence-electron chi connectivity index (χ3n) is 3.13. The van der Waals surface area contributed by atoms with E-state index in [9.17, 15) is 4.79 Å². The number of rotatable bonds is 4. The first-order valence-corrected chi connectivity index (χ1v) is 6.21. The van der Waals surface area contributed by atoms with Gasteiger partial charge in [0.1, 0.15) is 0 Å². The number of nitrogens with zero attached hydrogens (tertiary/aromatic N) is 1. The Morgan fingerprint density at radius 2 is 2.25 bits per heavy atom. The van der Waals surface area contributed by atoms with Gasteiger partial charge >= 0.3 is 0 Å². The van der Waals surface area contributed by atoms with Gasteiger partial charge in [-0.1, -0.05) is 12.2 Å². The second kappa shape index (κ2) is 6.04. The van der Waals surface area contributed by atoms with Crippen molar-refractivity contribution in [1.82, 2.24) is 10.2 Å². The highest BCUT2D eigenvalue weighted by Crippen LogP contribution is 2.19. The summed E-state index contributed by atoms with van der Waals surface area (Å²) in [5, 5.41) is 3.38. The van der Waals surface area contributed by atoms with E-state index >= 15 is 0 Å². The second-order valence-electron chi connectivity index (χ2n) is 4.89. The number of nitrogens with one attached hydrogen (secondary N) is 1. The highest BCUT2D eigenvalue weighted by Gasteiger charge is 2.27. The van der Waals surface area contributed by atoms with Crippen LogP contribution in [0.3, 0.4) is 0 Å². The van der Waals surface area contributed by atoms with E-state index in [0.717, 1.165) is 31.5 Å². The van der Waals surface area contributed by atoms with Gasteiger partial charge in [-0.3, -0.25) is 4.79 Å². The van der Waals surface area contributed by atoms with Crippen molar-refractivity contribution in [2.75, 3.05) is 19.6 Å². The molecule has 0 radical (unpaired) electrons. The molecule has 92 valence electrons. The summed E-state index contributed by atoms with van der Waals surface area (Å²) in [6.07, 6.45) is 1.93. The van der Waals surface area contributed by atoms with Gasteiger partial charge in [0.2, 0.25) is 5.91 Å². The molecule has 2 atom stereocenters. The van der Waals surface area contributed by atoms with Crippen molar-refractivity contribution in [2.24, 2.45) is 5.92 Å². The van der Waals surface area contributed by atoms with Crippen LogP contribution in [0, 0.1) is 5.92 Å². The number of likely N-dealkylation sites (N-methyl/N-ethyl adjacent to an activating group) is 1. The lowest BCUT2D eigenvalue weighted by atomic mass is 9.92. The molecular weight excluding hydrogens is 200 g/mol. The van der Waals surface area contributed by atoms with Crippen LogP contribution in [0.4, 0.5) is 0 Å². The number of carbonyl (C=O) groups excluding carboxylic acids is 1. The van der Waals surface area contributed by atoms with Gasteiger partial charge in [-0.2, -0.15) is 0 Å².